The molecule has 0 saturated heterocycles. The molecule has 0 saturated carbocycles. The standard InChI is InChI=1S/C8H7F3N4O2S/c9-8(10,11)3-16-1-5-14-6(17-15-5)4-2-18-7(12)13-4/h2H,1,3H2,(H2,12,13). The van der Waals surface area contributed by atoms with Gasteiger partial charge in [0.25, 0.3) is 5.89 Å². The molecule has 0 aromatic carbocycles. The summed E-state index contributed by atoms with van der Waals surface area (Å²) in [5, 5.41) is 5.40. The summed E-state index contributed by atoms with van der Waals surface area (Å²) in [5.74, 6) is 0.106. The minimum absolute atomic E-state index is 0.0146. The second-order valence-electron chi connectivity index (χ2n) is 3.19. The van der Waals surface area contributed by atoms with E-state index in [0.29, 0.717) is 10.8 Å². The molecule has 0 aliphatic rings. The zero-order valence-corrected chi connectivity index (χ0v) is 9.59. The highest BCUT2D eigenvalue weighted by atomic mass is 32.1. The van der Waals surface area contributed by atoms with Gasteiger partial charge in [0.1, 0.15) is 18.9 Å². The molecule has 0 radical (unpaired) electrons. The third kappa shape index (κ3) is 3.40. The Hall–Kier alpha value is -1.68. The topological polar surface area (TPSA) is 87.1 Å². The van der Waals surface area contributed by atoms with Gasteiger partial charge in [-0.25, -0.2) is 4.98 Å². The Morgan fingerprint density at radius 3 is 2.78 bits per heavy atom. The average molecular weight is 280 g/mol. The molecule has 18 heavy (non-hydrogen) atoms. The van der Waals surface area contributed by atoms with Gasteiger partial charge in [0, 0.05) is 5.38 Å². The van der Waals surface area contributed by atoms with Crippen LogP contribution in [0, 0.1) is 0 Å². The fraction of sp³-hybridized carbons (Fsp3) is 0.375. The Morgan fingerprint density at radius 2 is 2.17 bits per heavy atom. The van der Waals surface area contributed by atoms with Crippen LogP contribution < -0.4 is 5.73 Å². The number of rotatable bonds is 4. The molecule has 10 heteroatoms. The van der Waals surface area contributed by atoms with E-state index in [0.717, 1.165) is 0 Å². The van der Waals surface area contributed by atoms with Crippen molar-refractivity contribution in [3.05, 3.63) is 11.2 Å². The van der Waals surface area contributed by atoms with Crippen LogP contribution in [0.15, 0.2) is 9.90 Å². The molecule has 0 bridgehead atoms. The third-order valence-electron chi connectivity index (χ3n) is 1.71. The number of hydrogen-bond donors (Lipinski definition) is 1. The first-order valence-corrected chi connectivity index (χ1v) is 5.50. The summed E-state index contributed by atoms with van der Waals surface area (Å²) in [6.07, 6.45) is -4.38. The van der Waals surface area contributed by atoms with Crippen molar-refractivity contribution in [3.8, 4) is 11.6 Å². The van der Waals surface area contributed by atoms with Gasteiger partial charge in [0.15, 0.2) is 11.0 Å². The average Bonchev–Trinajstić information content (AvgIpc) is 2.85. The molecular formula is C8H7F3N4O2S. The number of halogens is 3. The first-order valence-electron chi connectivity index (χ1n) is 4.62. The van der Waals surface area contributed by atoms with Gasteiger partial charge < -0.3 is 15.0 Å². The first-order chi connectivity index (χ1) is 8.44. The van der Waals surface area contributed by atoms with Crippen molar-refractivity contribution in [1.29, 1.82) is 0 Å². The van der Waals surface area contributed by atoms with E-state index in [-0.39, 0.29) is 18.3 Å². The molecular weight excluding hydrogens is 273 g/mol. The lowest BCUT2D eigenvalue weighted by atomic mass is 10.5. The maximum absolute atomic E-state index is 11.8. The lowest BCUT2D eigenvalue weighted by Crippen LogP contribution is -2.16. The molecule has 0 fully saturated rings. The number of alkyl halides is 3. The second kappa shape index (κ2) is 4.90. The van der Waals surface area contributed by atoms with Gasteiger partial charge in [0.2, 0.25) is 0 Å². The number of aromatic nitrogens is 3. The van der Waals surface area contributed by atoms with Crippen molar-refractivity contribution < 1.29 is 22.4 Å². The van der Waals surface area contributed by atoms with Crippen molar-refractivity contribution in [3.63, 3.8) is 0 Å². The summed E-state index contributed by atoms with van der Waals surface area (Å²) in [7, 11) is 0. The minimum atomic E-state index is -4.38. The predicted molar refractivity (Wildman–Crippen MR) is 55.5 cm³/mol. The molecule has 2 N–H and O–H groups in total. The number of ether oxygens (including phenoxy) is 1. The quantitative estimate of drug-likeness (QED) is 0.919. The van der Waals surface area contributed by atoms with Crippen LogP contribution >= 0.6 is 11.3 Å². The van der Waals surface area contributed by atoms with Crippen molar-refractivity contribution in [1.82, 2.24) is 15.1 Å². The van der Waals surface area contributed by atoms with E-state index in [1.54, 1.807) is 5.38 Å². The summed E-state index contributed by atoms with van der Waals surface area (Å²) in [5.41, 5.74) is 5.80. The monoisotopic (exact) mass is 280 g/mol. The number of nitrogens with zero attached hydrogens (tertiary/aromatic N) is 3. The van der Waals surface area contributed by atoms with Crippen LogP contribution in [0.2, 0.25) is 0 Å². The van der Waals surface area contributed by atoms with Gasteiger partial charge in [-0.15, -0.1) is 11.3 Å². The molecule has 98 valence electrons. The Balaban J connectivity index is 1.94. The molecule has 0 unspecified atom stereocenters. The zero-order valence-electron chi connectivity index (χ0n) is 8.77. The Bertz CT molecular complexity index is 524. The van der Waals surface area contributed by atoms with Crippen molar-refractivity contribution in [2.75, 3.05) is 12.3 Å². The van der Waals surface area contributed by atoms with Gasteiger partial charge in [-0.3, -0.25) is 0 Å². The fourth-order valence-corrected chi connectivity index (χ4v) is 1.60. The Kier molecular flexibility index (Phi) is 3.48. The van der Waals surface area contributed by atoms with Crippen molar-refractivity contribution in [2.24, 2.45) is 0 Å². The molecule has 2 aromatic rings. The summed E-state index contributed by atoms with van der Waals surface area (Å²) < 4.78 is 44.7. The Labute approximate surface area is 103 Å². The van der Waals surface area contributed by atoms with Crippen molar-refractivity contribution >= 4 is 16.5 Å². The predicted octanol–water partition coefficient (Wildman–Crippen LogP) is 1.85. The van der Waals surface area contributed by atoms with Gasteiger partial charge in [0.05, 0.1) is 0 Å². The molecule has 0 aliphatic carbocycles. The van der Waals surface area contributed by atoms with Crippen LogP contribution in [-0.4, -0.2) is 27.9 Å². The molecule has 6 nitrogen and oxygen atoms in total. The largest absolute Gasteiger partial charge is 0.411 e. The number of anilines is 1. The van der Waals surface area contributed by atoms with Crippen LogP contribution in [0.5, 0.6) is 0 Å². The van der Waals surface area contributed by atoms with Gasteiger partial charge in [-0.05, 0) is 0 Å². The highest BCUT2D eigenvalue weighted by molar-refractivity contribution is 7.13. The number of nitrogen functional groups attached to an aromatic ring is 1. The maximum atomic E-state index is 11.8. The molecule has 2 aromatic heterocycles. The SMILES string of the molecule is Nc1nc(-c2nc(COCC(F)(F)F)no2)cs1. The van der Waals surface area contributed by atoms with Crippen molar-refractivity contribution in [2.45, 2.75) is 12.8 Å². The molecule has 0 aliphatic heterocycles. The molecule has 2 rings (SSSR count). The van der Waals surface area contributed by atoms with E-state index in [4.69, 9.17) is 10.3 Å². The molecule has 0 spiro atoms. The first kappa shape index (κ1) is 12.8. The second-order valence-corrected chi connectivity index (χ2v) is 4.08. The van der Waals surface area contributed by atoms with Gasteiger partial charge in [-0.2, -0.15) is 18.2 Å². The van der Waals surface area contributed by atoms with Crippen LogP contribution in [-0.2, 0) is 11.3 Å². The van der Waals surface area contributed by atoms with E-state index in [2.05, 4.69) is 19.9 Å². The summed E-state index contributed by atoms with van der Waals surface area (Å²) in [4.78, 5) is 7.72. The highest BCUT2D eigenvalue weighted by Gasteiger charge is 2.27. The molecule has 0 atom stereocenters. The van der Waals surface area contributed by atoms with Crippen LogP contribution in [0.25, 0.3) is 11.6 Å². The summed E-state index contributed by atoms with van der Waals surface area (Å²) >= 11 is 1.19. The van der Waals surface area contributed by atoms with Crippen LogP contribution in [0.1, 0.15) is 5.82 Å². The lowest BCUT2D eigenvalue weighted by molar-refractivity contribution is -0.177. The Morgan fingerprint density at radius 1 is 1.39 bits per heavy atom. The van der Waals surface area contributed by atoms with Gasteiger partial charge >= 0.3 is 6.18 Å². The molecule has 2 heterocycles. The minimum Gasteiger partial charge on any atom is -0.375 e. The summed E-state index contributed by atoms with van der Waals surface area (Å²) in [6.45, 7) is -1.75. The van der Waals surface area contributed by atoms with Gasteiger partial charge in [-0.1, -0.05) is 5.16 Å². The fourth-order valence-electron chi connectivity index (χ4n) is 1.06. The van der Waals surface area contributed by atoms with E-state index < -0.39 is 12.8 Å². The zero-order chi connectivity index (χ0) is 13.2. The lowest BCUT2D eigenvalue weighted by Gasteiger charge is -2.04. The van der Waals surface area contributed by atoms with E-state index in [1.807, 2.05) is 0 Å². The third-order valence-corrected chi connectivity index (χ3v) is 2.38. The number of nitrogens with two attached hydrogens (primary N) is 1. The molecule has 0 amide bonds. The highest BCUT2D eigenvalue weighted by Crippen LogP contribution is 2.21. The summed E-state index contributed by atoms with van der Waals surface area (Å²) in [6, 6.07) is 0. The number of thiazole rings is 1. The maximum Gasteiger partial charge on any atom is 0.411 e. The normalized spacial score (nSPS) is 11.9. The van der Waals surface area contributed by atoms with Crippen LogP contribution in [0.3, 0.4) is 0 Å². The number of hydrogen-bond acceptors (Lipinski definition) is 7. The van der Waals surface area contributed by atoms with E-state index in [1.165, 1.54) is 11.3 Å². The van der Waals surface area contributed by atoms with Crippen LogP contribution in [0.4, 0.5) is 18.3 Å². The van der Waals surface area contributed by atoms with E-state index >= 15 is 0 Å². The smallest absolute Gasteiger partial charge is 0.375 e. The van der Waals surface area contributed by atoms with E-state index in [9.17, 15) is 13.2 Å².